The molecule has 2 amide bonds. The first-order chi connectivity index (χ1) is 9.74. The Morgan fingerprint density at radius 3 is 2.62 bits per heavy atom. The molecule has 0 bridgehead atoms. The number of aliphatic hydroxyl groups excluding tert-OH is 1. The Bertz CT molecular complexity index is 490. The first-order valence-electron chi connectivity index (χ1n) is 6.57. The standard InChI is InChI=1S/C14H19F3N2O2/c1-9(5-6-20)8-18-13(21)19-12-7-11(14(15,16)17)4-3-10(12)2/h3-4,7,9,20H,5-6,8H2,1-2H3,(H2,18,19,21). The molecule has 1 rings (SSSR count). The molecule has 0 fully saturated rings. The van der Waals surface area contributed by atoms with E-state index >= 15 is 0 Å². The average Bonchev–Trinajstić information content (AvgIpc) is 2.38. The lowest BCUT2D eigenvalue weighted by Crippen LogP contribution is -2.32. The highest BCUT2D eigenvalue weighted by Gasteiger charge is 2.30. The number of benzene rings is 1. The van der Waals surface area contributed by atoms with Crippen molar-refractivity contribution in [2.24, 2.45) is 5.92 Å². The van der Waals surface area contributed by atoms with Crippen LogP contribution in [0.4, 0.5) is 23.7 Å². The summed E-state index contributed by atoms with van der Waals surface area (Å²) in [6.07, 6.45) is -3.90. The van der Waals surface area contributed by atoms with Crippen molar-refractivity contribution in [3.63, 3.8) is 0 Å². The summed E-state index contributed by atoms with van der Waals surface area (Å²) in [5, 5.41) is 13.7. The highest BCUT2D eigenvalue weighted by atomic mass is 19.4. The lowest BCUT2D eigenvalue weighted by molar-refractivity contribution is -0.137. The lowest BCUT2D eigenvalue weighted by atomic mass is 10.1. The van der Waals surface area contributed by atoms with Crippen molar-refractivity contribution in [1.29, 1.82) is 0 Å². The maximum Gasteiger partial charge on any atom is 0.416 e. The van der Waals surface area contributed by atoms with Crippen LogP contribution in [0, 0.1) is 12.8 Å². The molecule has 3 N–H and O–H groups in total. The zero-order valence-corrected chi connectivity index (χ0v) is 11.9. The van der Waals surface area contributed by atoms with Crippen LogP contribution in [0.5, 0.6) is 0 Å². The van der Waals surface area contributed by atoms with E-state index in [9.17, 15) is 18.0 Å². The van der Waals surface area contributed by atoms with Crippen LogP contribution in [0.1, 0.15) is 24.5 Å². The second kappa shape index (κ2) is 7.31. The van der Waals surface area contributed by atoms with Gasteiger partial charge in [-0.15, -0.1) is 0 Å². The summed E-state index contributed by atoms with van der Waals surface area (Å²) in [5.41, 5.74) is -0.143. The molecule has 0 spiro atoms. The van der Waals surface area contributed by atoms with E-state index in [4.69, 9.17) is 5.11 Å². The lowest BCUT2D eigenvalue weighted by Gasteiger charge is -2.15. The van der Waals surface area contributed by atoms with Gasteiger partial charge in [0.2, 0.25) is 0 Å². The molecule has 1 aromatic carbocycles. The number of carbonyl (C=O) groups excluding carboxylic acids is 1. The molecule has 0 heterocycles. The molecule has 1 atom stereocenters. The van der Waals surface area contributed by atoms with E-state index in [0.29, 0.717) is 18.5 Å². The van der Waals surface area contributed by atoms with Crippen molar-refractivity contribution < 1.29 is 23.1 Å². The van der Waals surface area contributed by atoms with Crippen molar-refractivity contribution in [3.05, 3.63) is 29.3 Å². The Hall–Kier alpha value is -1.76. The molecule has 0 radical (unpaired) electrons. The molecule has 0 aliphatic rings. The number of anilines is 1. The Kier molecular flexibility index (Phi) is 6.02. The van der Waals surface area contributed by atoms with E-state index in [0.717, 1.165) is 12.1 Å². The van der Waals surface area contributed by atoms with E-state index in [1.54, 1.807) is 6.92 Å². The summed E-state index contributed by atoms with van der Waals surface area (Å²) in [7, 11) is 0. The number of aliphatic hydroxyl groups is 1. The minimum Gasteiger partial charge on any atom is -0.396 e. The summed E-state index contributed by atoms with van der Waals surface area (Å²) in [6, 6.07) is 2.63. The molecule has 0 saturated carbocycles. The molecular formula is C14H19F3N2O2. The van der Waals surface area contributed by atoms with E-state index in [1.165, 1.54) is 6.07 Å². The van der Waals surface area contributed by atoms with Crippen LogP contribution in [-0.2, 0) is 6.18 Å². The van der Waals surface area contributed by atoms with Crippen molar-refractivity contribution >= 4 is 11.7 Å². The fraction of sp³-hybridized carbons (Fsp3) is 0.500. The number of rotatable bonds is 5. The third-order valence-electron chi connectivity index (χ3n) is 3.05. The molecule has 0 aromatic heterocycles. The molecule has 0 aliphatic carbocycles. The predicted octanol–water partition coefficient (Wildman–Crippen LogP) is 3.15. The molecule has 118 valence electrons. The van der Waals surface area contributed by atoms with Gasteiger partial charge in [-0.05, 0) is 37.0 Å². The van der Waals surface area contributed by atoms with Gasteiger partial charge in [0, 0.05) is 18.8 Å². The largest absolute Gasteiger partial charge is 0.416 e. The minimum absolute atomic E-state index is 0.0250. The SMILES string of the molecule is Cc1ccc(C(F)(F)F)cc1NC(=O)NCC(C)CCO. The van der Waals surface area contributed by atoms with Crippen LogP contribution in [0.15, 0.2) is 18.2 Å². The Morgan fingerprint density at radius 2 is 2.05 bits per heavy atom. The van der Waals surface area contributed by atoms with Crippen molar-refractivity contribution in [2.75, 3.05) is 18.5 Å². The number of alkyl halides is 3. The summed E-state index contributed by atoms with van der Waals surface area (Å²) in [6.45, 7) is 3.83. The zero-order valence-electron chi connectivity index (χ0n) is 11.9. The van der Waals surface area contributed by atoms with Crippen LogP contribution < -0.4 is 10.6 Å². The van der Waals surface area contributed by atoms with E-state index in [1.807, 2.05) is 6.92 Å². The third kappa shape index (κ3) is 5.63. The highest BCUT2D eigenvalue weighted by Crippen LogP contribution is 2.31. The van der Waals surface area contributed by atoms with Gasteiger partial charge in [0.15, 0.2) is 0 Å². The smallest absolute Gasteiger partial charge is 0.396 e. The number of halogens is 3. The summed E-state index contributed by atoms with van der Waals surface area (Å²) >= 11 is 0. The number of amides is 2. The quantitative estimate of drug-likeness (QED) is 0.782. The molecule has 0 aliphatic heterocycles. The van der Waals surface area contributed by atoms with Gasteiger partial charge in [0.05, 0.1) is 5.56 Å². The molecule has 1 unspecified atom stereocenters. The summed E-state index contributed by atoms with van der Waals surface area (Å²) < 4.78 is 37.9. The highest BCUT2D eigenvalue weighted by molar-refractivity contribution is 5.90. The van der Waals surface area contributed by atoms with Gasteiger partial charge >= 0.3 is 12.2 Å². The van der Waals surface area contributed by atoms with Crippen LogP contribution >= 0.6 is 0 Å². The molecule has 0 saturated heterocycles. The monoisotopic (exact) mass is 304 g/mol. The van der Waals surface area contributed by atoms with Gasteiger partial charge in [0.1, 0.15) is 0 Å². The van der Waals surface area contributed by atoms with E-state index < -0.39 is 17.8 Å². The number of aryl methyl sites for hydroxylation is 1. The van der Waals surface area contributed by atoms with Gasteiger partial charge in [0.25, 0.3) is 0 Å². The molecule has 7 heteroatoms. The number of nitrogens with one attached hydrogen (secondary N) is 2. The molecule has 1 aromatic rings. The number of carbonyl (C=O) groups is 1. The van der Waals surface area contributed by atoms with Gasteiger partial charge in [-0.2, -0.15) is 13.2 Å². The van der Waals surface area contributed by atoms with Gasteiger partial charge in [-0.1, -0.05) is 13.0 Å². The number of urea groups is 1. The molecule has 21 heavy (non-hydrogen) atoms. The second-order valence-electron chi connectivity index (χ2n) is 4.98. The van der Waals surface area contributed by atoms with Crippen molar-refractivity contribution in [3.8, 4) is 0 Å². The van der Waals surface area contributed by atoms with Crippen LogP contribution in [0.3, 0.4) is 0 Å². The van der Waals surface area contributed by atoms with Gasteiger partial charge < -0.3 is 15.7 Å². The topological polar surface area (TPSA) is 61.4 Å². The zero-order chi connectivity index (χ0) is 16.0. The average molecular weight is 304 g/mol. The third-order valence-corrected chi connectivity index (χ3v) is 3.05. The van der Waals surface area contributed by atoms with Crippen molar-refractivity contribution in [2.45, 2.75) is 26.4 Å². The molecular weight excluding hydrogens is 285 g/mol. The maximum atomic E-state index is 12.6. The fourth-order valence-corrected chi connectivity index (χ4v) is 1.69. The van der Waals surface area contributed by atoms with Crippen molar-refractivity contribution in [1.82, 2.24) is 5.32 Å². The number of hydrogen-bond acceptors (Lipinski definition) is 2. The predicted molar refractivity (Wildman–Crippen MR) is 74.1 cm³/mol. The first-order valence-corrected chi connectivity index (χ1v) is 6.57. The fourth-order valence-electron chi connectivity index (χ4n) is 1.69. The normalized spacial score (nSPS) is 12.9. The minimum atomic E-state index is -4.45. The Labute approximate surface area is 121 Å². The summed E-state index contributed by atoms with van der Waals surface area (Å²) in [5.74, 6) is 0.0864. The van der Waals surface area contributed by atoms with Gasteiger partial charge in [-0.25, -0.2) is 4.79 Å². The molecule has 4 nitrogen and oxygen atoms in total. The Balaban J connectivity index is 2.67. The number of hydrogen-bond donors (Lipinski definition) is 3. The maximum absolute atomic E-state index is 12.6. The van der Waals surface area contributed by atoms with Crippen LogP contribution in [0.2, 0.25) is 0 Å². The summed E-state index contributed by atoms with van der Waals surface area (Å²) in [4.78, 5) is 11.7. The van der Waals surface area contributed by atoms with E-state index in [2.05, 4.69) is 10.6 Å². The first kappa shape index (κ1) is 17.3. The second-order valence-corrected chi connectivity index (χ2v) is 4.98. The Morgan fingerprint density at radius 1 is 1.38 bits per heavy atom. The van der Waals surface area contributed by atoms with E-state index in [-0.39, 0.29) is 18.2 Å². The van der Waals surface area contributed by atoms with Crippen LogP contribution in [0.25, 0.3) is 0 Å². The van der Waals surface area contributed by atoms with Gasteiger partial charge in [-0.3, -0.25) is 0 Å². The van der Waals surface area contributed by atoms with Crippen LogP contribution in [-0.4, -0.2) is 24.3 Å².